The summed E-state index contributed by atoms with van der Waals surface area (Å²) in [5.41, 5.74) is 1.94. The molecule has 21 heavy (non-hydrogen) atoms. The maximum absolute atomic E-state index is 5.85. The smallest absolute Gasteiger partial charge is 0.119 e. The molecule has 1 aliphatic rings. The first-order valence-corrected chi connectivity index (χ1v) is 8.20. The summed E-state index contributed by atoms with van der Waals surface area (Å²) in [7, 11) is 0. The van der Waals surface area contributed by atoms with E-state index in [2.05, 4.69) is 64.2 Å². The lowest BCUT2D eigenvalue weighted by molar-refractivity contribution is 0.238. The number of benzene rings is 1. The zero-order valence-electron chi connectivity index (χ0n) is 14.3. The molecule has 1 saturated heterocycles. The van der Waals surface area contributed by atoms with Crippen molar-refractivity contribution in [2.45, 2.75) is 52.9 Å². The van der Waals surface area contributed by atoms with Crippen molar-refractivity contribution >= 4 is 0 Å². The molecule has 1 aliphatic heterocycles. The van der Waals surface area contributed by atoms with Gasteiger partial charge in [0.15, 0.2) is 0 Å². The van der Waals surface area contributed by atoms with Gasteiger partial charge in [-0.2, -0.15) is 0 Å². The quantitative estimate of drug-likeness (QED) is 0.838. The van der Waals surface area contributed by atoms with Crippen molar-refractivity contribution in [3.8, 4) is 5.75 Å². The number of ether oxygens (including phenoxy) is 1. The molecule has 2 heteroatoms. The highest BCUT2D eigenvalue weighted by Gasteiger charge is 2.27. The number of nitrogens with one attached hydrogen (secondary N) is 1. The molecular weight excluding hydrogens is 258 g/mol. The van der Waals surface area contributed by atoms with E-state index in [4.69, 9.17) is 4.74 Å². The van der Waals surface area contributed by atoms with Gasteiger partial charge in [-0.05, 0) is 60.4 Å². The molecular formula is C19H31NO. The molecule has 2 nitrogen and oxygen atoms in total. The van der Waals surface area contributed by atoms with E-state index in [0.717, 1.165) is 37.8 Å². The van der Waals surface area contributed by atoms with Gasteiger partial charge >= 0.3 is 0 Å². The van der Waals surface area contributed by atoms with Crippen LogP contribution < -0.4 is 10.1 Å². The Balaban J connectivity index is 1.88. The zero-order valence-corrected chi connectivity index (χ0v) is 14.3. The summed E-state index contributed by atoms with van der Waals surface area (Å²) in [5, 5.41) is 3.30. The SMILES string of the molecule is CC(C)(C)CC(C)(C)c1ccc(OCCC2CNC2)cc1. The van der Waals surface area contributed by atoms with Crippen LogP contribution in [0, 0.1) is 11.3 Å². The minimum atomic E-state index is 0.203. The molecule has 2 rings (SSSR count). The lowest BCUT2D eigenvalue weighted by atomic mass is 9.72. The van der Waals surface area contributed by atoms with Gasteiger partial charge in [0.2, 0.25) is 0 Å². The molecule has 0 bridgehead atoms. The maximum Gasteiger partial charge on any atom is 0.119 e. The van der Waals surface area contributed by atoms with Gasteiger partial charge in [0.05, 0.1) is 6.61 Å². The van der Waals surface area contributed by atoms with Gasteiger partial charge in [-0.3, -0.25) is 0 Å². The van der Waals surface area contributed by atoms with Crippen molar-refractivity contribution in [2.24, 2.45) is 11.3 Å². The highest BCUT2D eigenvalue weighted by atomic mass is 16.5. The highest BCUT2D eigenvalue weighted by molar-refractivity contribution is 5.31. The van der Waals surface area contributed by atoms with Gasteiger partial charge in [0, 0.05) is 0 Å². The molecule has 0 aromatic heterocycles. The van der Waals surface area contributed by atoms with Crippen molar-refractivity contribution in [3.63, 3.8) is 0 Å². The van der Waals surface area contributed by atoms with Gasteiger partial charge < -0.3 is 10.1 Å². The normalized spacial score (nSPS) is 16.6. The fraction of sp³-hybridized carbons (Fsp3) is 0.684. The molecule has 1 aromatic rings. The standard InChI is InChI=1S/C19H31NO/c1-18(2,3)14-19(4,5)16-6-8-17(9-7-16)21-11-10-15-12-20-13-15/h6-9,15,20H,10-14H2,1-5H3. The average Bonchev–Trinajstić information content (AvgIpc) is 2.30. The molecule has 1 N–H and O–H groups in total. The van der Waals surface area contributed by atoms with Crippen molar-refractivity contribution in [3.05, 3.63) is 29.8 Å². The average molecular weight is 289 g/mol. The molecule has 0 spiro atoms. The van der Waals surface area contributed by atoms with Crippen molar-refractivity contribution < 1.29 is 4.74 Å². The molecule has 0 aliphatic carbocycles. The molecule has 118 valence electrons. The van der Waals surface area contributed by atoms with E-state index in [9.17, 15) is 0 Å². The fourth-order valence-electron chi connectivity index (χ4n) is 3.33. The molecule has 1 heterocycles. The molecule has 0 amide bonds. The predicted molar refractivity (Wildman–Crippen MR) is 90.0 cm³/mol. The van der Waals surface area contributed by atoms with Gasteiger partial charge in [-0.15, -0.1) is 0 Å². The van der Waals surface area contributed by atoms with Crippen LogP contribution in [-0.2, 0) is 5.41 Å². The minimum absolute atomic E-state index is 0.203. The Labute approximate surface area is 130 Å². The Hall–Kier alpha value is -1.02. The number of hydrogen-bond donors (Lipinski definition) is 1. The summed E-state index contributed by atoms with van der Waals surface area (Å²) in [6, 6.07) is 8.70. The van der Waals surface area contributed by atoms with Gasteiger partial charge in [0.25, 0.3) is 0 Å². The monoisotopic (exact) mass is 289 g/mol. The largest absolute Gasteiger partial charge is 0.494 e. The van der Waals surface area contributed by atoms with Crippen molar-refractivity contribution in [1.82, 2.24) is 5.32 Å². The van der Waals surface area contributed by atoms with Crippen LogP contribution in [0.2, 0.25) is 0 Å². The summed E-state index contributed by atoms with van der Waals surface area (Å²) >= 11 is 0. The second-order valence-electron chi connectivity index (χ2n) is 8.31. The summed E-state index contributed by atoms with van der Waals surface area (Å²) in [5.74, 6) is 1.81. The Kier molecular flexibility index (Phi) is 4.98. The second-order valence-corrected chi connectivity index (χ2v) is 8.31. The van der Waals surface area contributed by atoms with Crippen molar-refractivity contribution in [1.29, 1.82) is 0 Å². The summed E-state index contributed by atoms with van der Waals surface area (Å²) < 4.78 is 5.85. The third kappa shape index (κ3) is 5.03. The number of hydrogen-bond acceptors (Lipinski definition) is 2. The van der Waals surface area contributed by atoms with Crippen molar-refractivity contribution in [2.75, 3.05) is 19.7 Å². The van der Waals surface area contributed by atoms with Crippen LogP contribution in [0.25, 0.3) is 0 Å². The molecule has 0 atom stereocenters. The summed E-state index contributed by atoms with van der Waals surface area (Å²) in [6.45, 7) is 14.7. The summed E-state index contributed by atoms with van der Waals surface area (Å²) in [6.07, 6.45) is 2.33. The third-order valence-corrected chi connectivity index (χ3v) is 4.27. The predicted octanol–water partition coefficient (Wildman–Crippen LogP) is 4.39. The first-order valence-electron chi connectivity index (χ1n) is 8.20. The molecule has 1 fully saturated rings. The molecule has 1 aromatic carbocycles. The van der Waals surface area contributed by atoms with Gasteiger partial charge in [-0.25, -0.2) is 0 Å². The van der Waals surface area contributed by atoms with E-state index in [-0.39, 0.29) is 5.41 Å². The van der Waals surface area contributed by atoms with E-state index in [0.29, 0.717) is 5.41 Å². The highest BCUT2D eigenvalue weighted by Crippen LogP contribution is 2.36. The molecule has 0 radical (unpaired) electrons. The lowest BCUT2D eigenvalue weighted by Crippen LogP contribution is -2.42. The third-order valence-electron chi connectivity index (χ3n) is 4.27. The Bertz CT molecular complexity index is 438. The summed E-state index contributed by atoms with van der Waals surface area (Å²) in [4.78, 5) is 0. The Morgan fingerprint density at radius 1 is 1.05 bits per heavy atom. The first-order chi connectivity index (χ1) is 9.76. The van der Waals surface area contributed by atoms with Crippen LogP contribution in [0.3, 0.4) is 0 Å². The minimum Gasteiger partial charge on any atom is -0.494 e. The fourth-order valence-corrected chi connectivity index (χ4v) is 3.33. The van der Waals surface area contributed by atoms with Crippen LogP contribution in [0.15, 0.2) is 24.3 Å². The van der Waals surface area contributed by atoms with Crippen LogP contribution in [0.5, 0.6) is 5.75 Å². The molecule has 0 unspecified atom stereocenters. The van der Waals surface area contributed by atoms with Crippen LogP contribution in [0.1, 0.15) is 53.0 Å². The lowest BCUT2D eigenvalue weighted by Gasteiger charge is -2.33. The van der Waals surface area contributed by atoms with E-state index in [1.165, 1.54) is 12.0 Å². The van der Waals surface area contributed by atoms with Crippen LogP contribution in [0.4, 0.5) is 0 Å². The van der Waals surface area contributed by atoms with Crippen LogP contribution in [-0.4, -0.2) is 19.7 Å². The topological polar surface area (TPSA) is 21.3 Å². The number of rotatable bonds is 6. The Morgan fingerprint density at radius 3 is 2.14 bits per heavy atom. The van der Waals surface area contributed by atoms with E-state index >= 15 is 0 Å². The van der Waals surface area contributed by atoms with E-state index < -0.39 is 0 Å². The first kappa shape index (κ1) is 16.4. The second kappa shape index (κ2) is 6.39. The van der Waals surface area contributed by atoms with Gasteiger partial charge in [-0.1, -0.05) is 46.8 Å². The van der Waals surface area contributed by atoms with Crippen LogP contribution >= 0.6 is 0 Å². The van der Waals surface area contributed by atoms with E-state index in [1.807, 2.05) is 0 Å². The molecule has 0 saturated carbocycles. The Morgan fingerprint density at radius 2 is 1.67 bits per heavy atom. The zero-order chi connectivity index (χ0) is 15.5. The van der Waals surface area contributed by atoms with E-state index in [1.54, 1.807) is 0 Å². The maximum atomic E-state index is 5.85. The van der Waals surface area contributed by atoms with Gasteiger partial charge in [0.1, 0.15) is 5.75 Å².